The van der Waals surface area contributed by atoms with Crippen molar-refractivity contribution in [2.75, 3.05) is 11.9 Å². The van der Waals surface area contributed by atoms with Crippen LogP contribution in [0.15, 0.2) is 30.5 Å². The summed E-state index contributed by atoms with van der Waals surface area (Å²) in [5, 5.41) is 6.93. The quantitative estimate of drug-likeness (QED) is 0.847. The number of amides is 3. The Kier molecular flexibility index (Phi) is 4.39. The first-order valence-electron chi connectivity index (χ1n) is 8.22. The van der Waals surface area contributed by atoms with Crippen LogP contribution >= 0.6 is 0 Å². The highest BCUT2D eigenvalue weighted by Crippen LogP contribution is 2.24. The van der Waals surface area contributed by atoms with Crippen LogP contribution in [-0.2, 0) is 4.79 Å². The zero-order chi connectivity index (χ0) is 18.1. The number of fused-ring (bicyclic) bond motifs is 1. The number of carbonyl (C=O) groups is 3. The summed E-state index contributed by atoms with van der Waals surface area (Å²) < 4.78 is 1.71. The van der Waals surface area contributed by atoms with E-state index in [9.17, 15) is 14.4 Å². The van der Waals surface area contributed by atoms with Gasteiger partial charge in [-0.2, -0.15) is 5.10 Å². The first-order valence-corrected chi connectivity index (χ1v) is 8.22. The molecule has 3 rings (SSSR count). The number of nitrogens with one attached hydrogen (secondary N) is 1. The highest BCUT2D eigenvalue weighted by Gasteiger charge is 2.36. The van der Waals surface area contributed by atoms with Crippen LogP contribution in [0.5, 0.6) is 0 Å². The smallest absolute Gasteiger partial charge is 0.262 e. The molecule has 7 nitrogen and oxygen atoms in total. The number of hydrogen-bond donors (Lipinski definition) is 1. The molecule has 0 spiro atoms. The van der Waals surface area contributed by atoms with Crippen LogP contribution in [0.2, 0.25) is 0 Å². The SMILES string of the molecule is CCC(C)n1nccc1NC(=O)CN1C(=O)c2ccc(C)cc2C1=O. The fourth-order valence-electron chi connectivity index (χ4n) is 2.81. The Balaban J connectivity index is 1.73. The molecule has 1 N–H and O–H groups in total. The van der Waals surface area contributed by atoms with E-state index in [1.54, 1.807) is 35.1 Å². The molecule has 2 heterocycles. The van der Waals surface area contributed by atoms with Gasteiger partial charge in [-0.15, -0.1) is 0 Å². The van der Waals surface area contributed by atoms with E-state index in [2.05, 4.69) is 10.4 Å². The molecular weight excluding hydrogens is 320 g/mol. The van der Waals surface area contributed by atoms with Crippen molar-refractivity contribution < 1.29 is 14.4 Å². The number of hydrogen-bond acceptors (Lipinski definition) is 4. The zero-order valence-corrected chi connectivity index (χ0v) is 14.4. The maximum absolute atomic E-state index is 12.4. The molecule has 1 aromatic heterocycles. The summed E-state index contributed by atoms with van der Waals surface area (Å²) in [7, 11) is 0. The van der Waals surface area contributed by atoms with Gasteiger partial charge in [0.05, 0.1) is 23.4 Å². The number of rotatable bonds is 5. The Morgan fingerprint density at radius 3 is 2.64 bits per heavy atom. The summed E-state index contributed by atoms with van der Waals surface area (Å²) in [6.45, 7) is 5.55. The molecular formula is C18H20N4O3. The van der Waals surface area contributed by atoms with E-state index in [0.717, 1.165) is 16.9 Å². The van der Waals surface area contributed by atoms with Crippen molar-refractivity contribution in [1.29, 1.82) is 0 Å². The third-order valence-corrected chi connectivity index (χ3v) is 4.37. The summed E-state index contributed by atoms with van der Waals surface area (Å²) in [5.41, 5.74) is 1.58. The van der Waals surface area contributed by atoms with E-state index in [-0.39, 0.29) is 12.6 Å². The van der Waals surface area contributed by atoms with Gasteiger partial charge in [0, 0.05) is 6.07 Å². The van der Waals surface area contributed by atoms with Crippen LogP contribution in [-0.4, -0.2) is 38.9 Å². The van der Waals surface area contributed by atoms with Crippen molar-refractivity contribution in [2.24, 2.45) is 0 Å². The summed E-state index contributed by atoms with van der Waals surface area (Å²) in [5.74, 6) is -0.761. The number of benzene rings is 1. The Morgan fingerprint density at radius 2 is 1.92 bits per heavy atom. The average Bonchev–Trinajstić information content (AvgIpc) is 3.13. The fourth-order valence-corrected chi connectivity index (χ4v) is 2.81. The number of aromatic nitrogens is 2. The average molecular weight is 340 g/mol. The van der Waals surface area contributed by atoms with Crippen LogP contribution < -0.4 is 5.32 Å². The lowest BCUT2D eigenvalue weighted by molar-refractivity contribution is -0.116. The minimum atomic E-state index is -0.439. The van der Waals surface area contributed by atoms with Gasteiger partial charge in [0.25, 0.3) is 11.8 Å². The van der Waals surface area contributed by atoms with Gasteiger partial charge in [0.1, 0.15) is 12.4 Å². The molecule has 0 aliphatic carbocycles. The van der Waals surface area contributed by atoms with E-state index >= 15 is 0 Å². The maximum Gasteiger partial charge on any atom is 0.262 e. The van der Waals surface area contributed by atoms with Gasteiger partial charge < -0.3 is 5.32 Å². The molecule has 2 aromatic rings. The largest absolute Gasteiger partial charge is 0.309 e. The number of carbonyl (C=O) groups excluding carboxylic acids is 3. The fraction of sp³-hybridized carbons (Fsp3) is 0.333. The predicted octanol–water partition coefficient (Wildman–Crippen LogP) is 2.40. The maximum atomic E-state index is 12.4. The summed E-state index contributed by atoms with van der Waals surface area (Å²) in [6, 6.07) is 6.90. The van der Waals surface area contributed by atoms with Crippen LogP contribution in [0.25, 0.3) is 0 Å². The van der Waals surface area contributed by atoms with Crippen molar-refractivity contribution in [2.45, 2.75) is 33.2 Å². The molecule has 1 aromatic carbocycles. The topological polar surface area (TPSA) is 84.3 Å². The van der Waals surface area contributed by atoms with Crippen LogP contribution in [0.4, 0.5) is 5.82 Å². The molecule has 1 unspecified atom stereocenters. The normalized spacial score (nSPS) is 14.6. The number of aryl methyl sites for hydroxylation is 1. The monoisotopic (exact) mass is 340 g/mol. The summed E-state index contributed by atoms with van der Waals surface area (Å²) in [6.07, 6.45) is 2.47. The predicted molar refractivity (Wildman–Crippen MR) is 92.4 cm³/mol. The number of nitrogens with zero attached hydrogens (tertiary/aromatic N) is 3. The van der Waals surface area contributed by atoms with Crippen LogP contribution in [0, 0.1) is 6.92 Å². The zero-order valence-electron chi connectivity index (χ0n) is 14.4. The Hall–Kier alpha value is -2.96. The molecule has 0 fully saturated rings. The van der Waals surface area contributed by atoms with Gasteiger partial charge in [-0.05, 0) is 32.4 Å². The van der Waals surface area contributed by atoms with E-state index < -0.39 is 17.7 Å². The third kappa shape index (κ3) is 3.05. The lowest BCUT2D eigenvalue weighted by Gasteiger charge is -2.16. The number of anilines is 1. The Bertz CT molecular complexity index is 856. The molecule has 0 radical (unpaired) electrons. The van der Waals surface area contributed by atoms with Crippen molar-refractivity contribution in [1.82, 2.24) is 14.7 Å². The molecule has 1 atom stereocenters. The third-order valence-electron chi connectivity index (χ3n) is 4.37. The lowest BCUT2D eigenvalue weighted by atomic mass is 10.1. The second-order valence-electron chi connectivity index (χ2n) is 6.21. The lowest BCUT2D eigenvalue weighted by Crippen LogP contribution is -2.37. The standard InChI is InChI=1S/C18H20N4O3/c1-4-12(3)22-15(7-8-19-22)20-16(23)10-21-17(24)13-6-5-11(2)9-14(13)18(21)25/h5-9,12H,4,10H2,1-3H3,(H,20,23). The highest BCUT2D eigenvalue weighted by atomic mass is 16.2. The molecule has 1 aliphatic rings. The van der Waals surface area contributed by atoms with Gasteiger partial charge in [0.2, 0.25) is 5.91 Å². The summed E-state index contributed by atoms with van der Waals surface area (Å²) in [4.78, 5) is 38.1. The second-order valence-corrected chi connectivity index (χ2v) is 6.21. The van der Waals surface area contributed by atoms with E-state index in [1.165, 1.54) is 0 Å². The first-order chi connectivity index (χ1) is 11.9. The Labute approximate surface area is 145 Å². The van der Waals surface area contributed by atoms with E-state index in [1.807, 2.05) is 20.8 Å². The van der Waals surface area contributed by atoms with Gasteiger partial charge in [0.15, 0.2) is 0 Å². The number of imide groups is 1. The Morgan fingerprint density at radius 1 is 1.20 bits per heavy atom. The molecule has 0 saturated heterocycles. The molecule has 0 bridgehead atoms. The minimum Gasteiger partial charge on any atom is -0.309 e. The molecule has 7 heteroatoms. The molecule has 0 saturated carbocycles. The van der Waals surface area contributed by atoms with Gasteiger partial charge in [-0.1, -0.05) is 18.6 Å². The van der Waals surface area contributed by atoms with Crippen LogP contribution in [0.1, 0.15) is 52.6 Å². The van der Waals surface area contributed by atoms with Crippen molar-refractivity contribution >= 4 is 23.5 Å². The van der Waals surface area contributed by atoms with Gasteiger partial charge in [-0.3, -0.25) is 19.3 Å². The van der Waals surface area contributed by atoms with E-state index in [0.29, 0.717) is 16.9 Å². The highest BCUT2D eigenvalue weighted by molar-refractivity contribution is 6.22. The van der Waals surface area contributed by atoms with Crippen LogP contribution in [0.3, 0.4) is 0 Å². The van der Waals surface area contributed by atoms with Gasteiger partial charge >= 0.3 is 0 Å². The van der Waals surface area contributed by atoms with Crippen molar-refractivity contribution in [3.05, 3.63) is 47.2 Å². The minimum absolute atomic E-state index is 0.132. The van der Waals surface area contributed by atoms with Gasteiger partial charge in [-0.25, -0.2) is 4.68 Å². The van der Waals surface area contributed by atoms with Crippen molar-refractivity contribution in [3.8, 4) is 0 Å². The molecule has 3 amide bonds. The molecule has 130 valence electrons. The molecule has 25 heavy (non-hydrogen) atoms. The summed E-state index contributed by atoms with van der Waals surface area (Å²) >= 11 is 0. The van der Waals surface area contributed by atoms with E-state index in [4.69, 9.17) is 0 Å². The second kappa shape index (κ2) is 6.51. The molecule has 1 aliphatic heterocycles. The van der Waals surface area contributed by atoms with Crippen molar-refractivity contribution in [3.63, 3.8) is 0 Å². The first kappa shape index (κ1) is 16.9.